The highest BCUT2D eigenvalue weighted by Gasteiger charge is 2.23. The van der Waals surface area contributed by atoms with E-state index in [1.165, 1.54) is 0 Å². The molecule has 0 aromatic heterocycles. The molecular weight excluding hydrogens is 286 g/mol. The maximum Gasteiger partial charge on any atom is 0.242 e. The van der Waals surface area contributed by atoms with Crippen molar-refractivity contribution >= 4 is 15.7 Å². The molecule has 0 fully saturated rings. The first-order valence-corrected chi connectivity index (χ1v) is 8.86. The van der Waals surface area contributed by atoms with E-state index in [0.29, 0.717) is 12.2 Å². The molecule has 1 aromatic rings. The van der Waals surface area contributed by atoms with E-state index in [0.717, 1.165) is 12.8 Å². The Morgan fingerprint density at radius 1 is 1.19 bits per heavy atom. The topological polar surface area (TPSA) is 84.2 Å². The average molecular weight is 313 g/mol. The predicted molar refractivity (Wildman–Crippen MR) is 87.9 cm³/mol. The fourth-order valence-electron chi connectivity index (χ4n) is 1.99. The highest BCUT2D eigenvalue weighted by atomic mass is 32.2. The van der Waals surface area contributed by atoms with E-state index in [-0.39, 0.29) is 16.5 Å². The molecular formula is C15H27N3O2S. The Bertz CT molecular complexity index is 552. The quantitative estimate of drug-likeness (QED) is 0.687. The smallest absolute Gasteiger partial charge is 0.242 e. The molecule has 6 heteroatoms. The van der Waals surface area contributed by atoms with Crippen LogP contribution in [0.1, 0.15) is 40.5 Å². The van der Waals surface area contributed by atoms with Gasteiger partial charge in [-0.2, -0.15) is 0 Å². The standard InChI is InChI=1S/C15H27N3O2S/c1-5-15(16,6-2)11-17-13-9-7-8-10-14(13)21(19,20)18-12(3)4/h7-10,12,17-18H,5-6,11,16H2,1-4H3. The van der Waals surface area contributed by atoms with Gasteiger partial charge in [-0.15, -0.1) is 0 Å². The Morgan fingerprint density at radius 2 is 1.76 bits per heavy atom. The van der Waals surface area contributed by atoms with Crippen LogP contribution in [0.2, 0.25) is 0 Å². The number of hydrogen-bond donors (Lipinski definition) is 3. The highest BCUT2D eigenvalue weighted by Crippen LogP contribution is 2.22. The molecule has 5 nitrogen and oxygen atoms in total. The summed E-state index contributed by atoms with van der Waals surface area (Å²) in [5, 5.41) is 3.19. The molecule has 4 N–H and O–H groups in total. The maximum atomic E-state index is 12.3. The first-order chi connectivity index (χ1) is 9.74. The third kappa shape index (κ3) is 4.98. The molecule has 0 bridgehead atoms. The number of sulfonamides is 1. The third-order valence-electron chi connectivity index (χ3n) is 3.61. The van der Waals surface area contributed by atoms with Gasteiger partial charge in [0.1, 0.15) is 4.90 Å². The van der Waals surface area contributed by atoms with Crippen molar-refractivity contribution in [2.75, 3.05) is 11.9 Å². The molecule has 0 aliphatic carbocycles. The second-order valence-corrected chi connectivity index (χ2v) is 7.38. The van der Waals surface area contributed by atoms with E-state index in [1.807, 2.05) is 19.9 Å². The van der Waals surface area contributed by atoms with Crippen molar-refractivity contribution in [3.63, 3.8) is 0 Å². The molecule has 0 saturated heterocycles. The van der Waals surface area contributed by atoms with Gasteiger partial charge in [0.15, 0.2) is 0 Å². The van der Waals surface area contributed by atoms with Gasteiger partial charge in [-0.3, -0.25) is 0 Å². The van der Waals surface area contributed by atoms with Crippen LogP contribution in [0, 0.1) is 0 Å². The van der Waals surface area contributed by atoms with Crippen LogP contribution in [0.5, 0.6) is 0 Å². The number of anilines is 1. The second-order valence-electron chi connectivity index (χ2n) is 5.70. The van der Waals surface area contributed by atoms with Crippen LogP contribution >= 0.6 is 0 Å². The van der Waals surface area contributed by atoms with Gasteiger partial charge in [0.2, 0.25) is 10.0 Å². The lowest BCUT2D eigenvalue weighted by Gasteiger charge is -2.28. The summed E-state index contributed by atoms with van der Waals surface area (Å²) in [7, 11) is -3.52. The monoisotopic (exact) mass is 313 g/mol. The van der Waals surface area contributed by atoms with Crippen molar-refractivity contribution in [2.24, 2.45) is 5.73 Å². The predicted octanol–water partition coefficient (Wildman–Crippen LogP) is 2.30. The molecule has 0 amide bonds. The summed E-state index contributed by atoms with van der Waals surface area (Å²) in [6.45, 7) is 8.20. The van der Waals surface area contributed by atoms with Gasteiger partial charge in [0.05, 0.1) is 5.69 Å². The molecule has 0 saturated carbocycles. The summed E-state index contributed by atoms with van der Waals surface area (Å²) >= 11 is 0. The number of nitrogens with one attached hydrogen (secondary N) is 2. The minimum Gasteiger partial charge on any atom is -0.382 e. The Hall–Kier alpha value is -1.11. The van der Waals surface area contributed by atoms with Crippen LogP contribution in [-0.2, 0) is 10.0 Å². The summed E-state index contributed by atoms with van der Waals surface area (Å²) in [6.07, 6.45) is 1.66. The fourth-order valence-corrected chi connectivity index (χ4v) is 3.43. The van der Waals surface area contributed by atoms with Crippen LogP contribution < -0.4 is 15.8 Å². The van der Waals surface area contributed by atoms with Gasteiger partial charge < -0.3 is 11.1 Å². The number of hydrogen-bond acceptors (Lipinski definition) is 4. The molecule has 0 atom stereocenters. The number of benzene rings is 1. The zero-order chi connectivity index (χ0) is 16.1. The van der Waals surface area contributed by atoms with Crippen molar-refractivity contribution in [1.29, 1.82) is 0 Å². The summed E-state index contributed by atoms with van der Waals surface area (Å²) < 4.78 is 27.3. The Balaban J connectivity index is 3.00. The Labute approximate surface area is 128 Å². The van der Waals surface area contributed by atoms with Gasteiger partial charge in [-0.05, 0) is 38.8 Å². The largest absolute Gasteiger partial charge is 0.382 e. The summed E-state index contributed by atoms with van der Waals surface area (Å²) in [4.78, 5) is 0.258. The van der Waals surface area contributed by atoms with E-state index in [1.54, 1.807) is 32.0 Å². The van der Waals surface area contributed by atoms with Crippen LogP contribution in [0.25, 0.3) is 0 Å². The van der Waals surface area contributed by atoms with Crippen molar-refractivity contribution in [3.05, 3.63) is 24.3 Å². The number of rotatable bonds is 8. The SMILES string of the molecule is CCC(N)(CC)CNc1ccccc1S(=O)(=O)NC(C)C. The average Bonchev–Trinajstić information content (AvgIpc) is 2.43. The van der Waals surface area contributed by atoms with Crippen LogP contribution in [0.15, 0.2) is 29.2 Å². The molecule has 0 aliphatic heterocycles. The molecule has 120 valence electrons. The lowest BCUT2D eigenvalue weighted by atomic mass is 9.94. The highest BCUT2D eigenvalue weighted by molar-refractivity contribution is 7.89. The molecule has 0 spiro atoms. The summed E-state index contributed by atoms with van der Waals surface area (Å²) in [6, 6.07) is 6.74. The molecule has 1 aromatic carbocycles. The van der Waals surface area contributed by atoms with Crippen LogP contribution in [0.3, 0.4) is 0 Å². The van der Waals surface area contributed by atoms with Crippen molar-refractivity contribution in [1.82, 2.24) is 4.72 Å². The van der Waals surface area contributed by atoms with E-state index >= 15 is 0 Å². The number of para-hydroxylation sites is 1. The van der Waals surface area contributed by atoms with Crippen LogP contribution in [0.4, 0.5) is 5.69 Å². The van der Waals surface area contributed by atoms with E-state index < -0.39 is 10.0 Å². The zero-order valence-electron chi connectivity index (χ0n) is 13.3. The van der Waals surface area contributed by atoms with Gasteiger partial charge >= 0.3 is 0 Å². The molecule has 0 unspecified atom stereocenters. The van der Waals surface area contributed by atoms with Gasteiger partial charge in [-0.1, -0.05) is 26.0 Å². The Morgan fingerprint density at radius 3 is 2.29 bits per heavy atom. The van der Waals surface area contributed by atoms with Crippen molar-refractivity contribution < 1.29 is 8.42 Å². The van der Waals surface area contributed by atoms with Crippen molar-refractivity contribution in [3.8, 4) is 0 Å². The minimum atomic E-state index is -3.52. The Kier molecular flexibility index (Phi) is 6.19. The summed E-state index contributed by atoms with van der Waals surface area (Å²) in [5.74, 6) is 0. The molecule has 0 radical (unpaired) electrons. The molecule has 0 heterocycles. The van der Waals surface area contributed by atoms with Gasteiger partial charge in [0, 0.05) is 18.1 Å². The molecule has 0 aliphatic rings. The molecule has 21 heavy (non-hydrogen) atoms. The van der Waals surface area contributed by atoms with E-state index in [9.17, 15) is 8.42 Å². The fraction of sp³-hybridized carbons (Fsp3) is 0.600. The van der Waals surface area contributed by atoms with Crippen LogP contribution in [-0.4, -0.2) is 26.5 Å². The first-order valence-electron chi connectivity index (χ1n) is 7.38. The lowest BCUT2D eigenvalue weighted by Crippen LogP contribution is -2.45. The zero-order valence-corrected chi connectivity index (χ0v) is 14.1. The van der Waals surface area contributed by atoms with Gasteiger partial charge in [0.25, 0.3) is 0 Å². The number of nitrogens with two attached hydrogens (primary N) is 1. The van der Waals surface area contributed by atoms with Gasteiger partial charge in [-0.25, -0.2) is 13.1 Å². The maximum absolute atomic E-state index is 12.3. The second kappa shape index (κ2) is 7.24. The third-order valence-corrected chi connectivity index (χ3v) is 5.32. The summed E-state index contributed by atoms with van der Waals surface area (Å²) in [5.41, 5.74) is 6.51. The van der Waals surface area contributed by atoms with E-state index in [4.69, 9.17) is 5.73 Å². The first kappa shape index (κ1) is 17.9. The van der Waals surface area contributed by atoms with Crippen molar-refractivity contribution in [2.45, 2.75) is 57.0 Å². The normalized spacial score (nSPS) is 12.7. The molecule has 1 rings (SSSR count). The van der Waals surface area contributed by atoms with E-state index in [2.05, 4.69) is 10.0 Å². The minimum absolute atomic E-state index is 0.150. The lowest BCUT2D eigenvalue weighted by molar-refractivity contribution is 0.418.